The Labute approximate surface area is 224 Å². The minimum absolute atomic E-state index is 0.00207. The van der Waals surface area contributed by atoms with Gasteiger partial charge >= 0.3 is 17.6 Å². The van der Waals surface area contributed by atoms with Crippen LogP contribution in [-0.2, 0) is 16.1 Å². The van der Waals surface area contributed by atoms with E-state index in [2.05, 4.69) is 4.90 Å². The topological polar surface area (TPSA) is 114 Å². The van der Waals surface area contributed by atoms with Crippen LogP contribution in [0.2, 0.25) is 5.02 Å². The molecule has 1 N–H and O–H groups in total. The van der Waals surface area contributed by atoms with E-state index in [1.165, 1.54) is 0 Å². The van der Waals surface area contributed by atoms with Crippen LogP contribution in [0.25, 0.3) is 16.6 Å². The van der Waals surface area contributed by atoms with Crippen molar-refractivity contribution in [2.75, 3.05) is 45.9 Å². The second-order valence-corrected chi connectivity index (χ2v) is 9.75. The number of carbonyl (C=O) groups is 2. The zero-order chi connectivity index (χ0) is 27.6. The van der Waals surface area contributed by atoms with Crippen LogP contribution in [0.5, 0.6) is 0 Å². The van der Waals surface area contributed by atoms with Gasteiger partial charge in [-0.05, 0) is 50.1 Å². The van der Waals surface area contributed by atoms with Crippen molar-refractivity contribution in [2.45, 2.75) is 27.3 Å². The van der Waals surface area contributed by atoms with E-state index >= 15 is 0 Å². The van der Waals surface area contributed by atoms with E-state index < -0.39 is 23.2 Å². The van der Waals surface area contributed by atoms with Gasteiger partial charge < -0.3 is 9.84 Å². The van der Waals surface area contributed by atoms with Gasteiger partial charge in [0.25, 0.3) is 5.56 Å². The number of carboxylic acids is 1. The summed E-state index contributed by atoms with van der Waals surface area (Å²) in [5.41, 5.74) is 0.985. The first-order valence-electron chi connectivity index (χ1n) is 12.5. The lowest BCUT2D eigenvalue weighted by molar-refractivity contribution is -0.138. The molecule has 0 amide bonds. The lowest BCUT2D eigenvalue weighted by atomic mass is 9.98. The number of hydrogen-bond donors (Lipinski definition) is 1. The molecule has 0 radical (unpaired) electrons. The predicted octanol–water partition coefficient (Wildman–Crippen LogP) is 2.30. The summed E-state index contributed by atoms with van der Waals surface area (Å²) in [7, 11) is 0. The molecule has 11 heteroatoms. The molecule has 1 aliphatic heterocycles. The van der Waals surface area contributed by atoms with Crippen LogP contribution in [0.4, 0.5) is 0 Å². The predicted molar refractivity (Wildman–Crippen MR) is 145 cm³/mol. The number of hydrogen-bond acceptors (Lipinski definition) is 7. The largest absolute Gasteiger partial charge is 0.480 e. The van der Waals surface area contributed by atoms with Gasteiger partial charge in [-0.2, -0.15) is 0 Å². The molecule has 38 heavy (non-hydrogen) atoms. The molecule has 0 saturated carbocycles. The standard InChI is InChI=1S/C27H31ClN4O6/c1-4-38-26(36)23-17(2)15-21-24(18(23)3)25(35)32(20-8-6-5-7-19(20)28)27(37)31(21)14-13-29-9-11-30(12-10-29)16-22(33)34/h5-8,15H,4,9-14,16H2,1-3H3,(H,33,34). The van der Waals surface area contributed by atoms with Crippen molar-refractivity contribution in [2.24, 2.45) is 0 Å². The van der Waals surface area contributed by atoms with Crippen LogP contribution in [0.1, 0.15) is 28.4 Å². The molecule has 2 aromatic carbocycles. The smallest absolute Gasteiger partial charge is 0.338 e. The number of rotatable bonds is 8. The maximum atomic E-state index is 13.8. The number of fused-ring (bicyclic) bond motifs is 1. The lowest BCUT2D eigenvalue weighted by Crippen LogP contribution is -2.49. The van der Waals surface area contributed by atoms with Gasteiger partial charge in [-0.15, -0.1) is 0 Å². The number of ether oxygens (including phenoxy) is 1. The first kappa shape index (κ1) is 27.6. The summed E-state index contributed by atoms with van der Waals surface area (Å²) in [5.74, 6) is -1.38. The summed E-state index contributed by atoms with van der Waals surface area (Å²) < 4.78 is 7.86. The monoisotopic (exact) mass is 542 g/mol. The number of para-hydroxylation sites is 1. The van der Waals surface area contributed by atoms with Gasteiger partial charge in [-0.3, -0.25) is 24.0 Å². The maximum Gasteiger partial charge on any atom is 0.338 e. The lowest BCUT2D eigenvalue weighted by Gasteiger charge is -2.34. The average molecular weight is 543 g/mol. The van der Waals surface area contributed by atoms with Gasteiger partial charge in [0.2, 0.25) is 0 Å². The molecule has 0 aliphatic carbocycles. The Morgan fingerprint density at radius 3 is 2.32 bits per heavy atom. The fourth-order valence-corrected chi connectivity index (χ4v) is 5.27. The maximum absolute atomic E-state index is 13.8. The number of aliphatic carboxylic acids is 1. The van der Waals surface area contributed by atoms with Crippen LogP contribution >= 0.6 is 11.6 Å². The van der Waals surface area contributed by atoms with Crippen molar-refractivity contribution in [1.29, 1.82) is 0 Å². The molecule has 1 fully saturated rings. The van der Waals surface area contributed by atoms with Gasteiger partial charge in [-0.25, -0.2) is 14.2 Å². The third-order valence-corrected chi connectivity index (χ3v) is 7.24. The van der Waals surface area contributed by atoms with E-state index in [4.69, 9.17) is 21.4 Å². The Morgan fingerprint density at radius 2 is 1.68 bits per heavy atom. The van der Waals surface area contributed by atoms with Crippen LogP contribution in [0, 0.1) is 13.8 Å². The summed E-state index contributed by atoms with van der Waals surface area (Å²) in [6, 6.07) is 8.33. The Hall–Kier alpha value is -3.47. The van der Waals surface area contributed by atoms with Gasteiger partial charge in [0.05, 0.1) is 40.3 Å². The Kier molecular flexibility index (Phi) is 8.35. The molecule has 10 nitrogen and oxygen atoms in total. The molecule has 1 aromatic heterocycles. The van der Waals surface area contributed by atoms with Crippen LogP contribution < -0.4 is 11.2 Å². The van der Waals surface area contributed by atoms with E-state index in [-0.39, 0.29) is 35.8 Å². The summed E-state index contributed by atoms with van der Waals surface area (Å²) in [6.07, 6.45) is 0. The SMILES string of the molecule is CCOC(=O)c1c(C)cc2c(c1C)c(=O)n(-c1ccccc1Cl)c(=O)n2CCN1CCN(CC(=O)O)CC1. The molecule has 1 saturated heterocycles. The fourth-order valence-electron chi connectivity index (χ4n) is 5.05. The Balaban J connectivity index is 1.83. The molecule has 0 unspecified atom stereocenters. The number of piperazine rings is 1. The summed E-state index contributed by atoms with van der Waals surface area (Å²) in [5, 5.41) is 9.55. The minimum Gasteiger partial charge on any atom is -0.480 e. The molecule has 0 atom stereocenters. The number of nitrogens with zero attached hydrogens (tertiary/aromatic N) is 4. The number of aryl methyl sites for hydroxylation is 2. The second-order valence-electron chi connectivity index (χ2n) is 9.35. The van der Waals surface area contributed by atoms with Gasteiger partial charge in [-0.1, -0.05) is 23.7 Å². The zero-order valence-electron chi connectivity index (χ0n) is 21.7. The number of carboxylic acid groups (broad SMARTS) is 1. The highest BCUT2D eigenvalue weighted by Gasteiger charge is 2.24. The highest BCUT2D eigenvalue weighted by Crippen LogP contribution is 2.25. The van der Waals surface area contributed by atoms with E-state index in [1.54, 1.807) is 55.7 Å². The van der Waals surface area contributed by atoms with Crippen molar-refractivity contribution < 1.29 is 19.4 Å². The molecule has 1 aliphatic rings. The van der Waals surface area contributed by atoms with Crippen LogP contribution in [0.3, 0.4) is 0 Å². The minimum atomic E-state index is -0.855. The van der Waals surface area contributed by atoms with Crippen molar-refractivity contribution in [3.05, 3.63) is 72.9 Å². The summed E-state index contributed by atoms with van der Waals surface area (Å²) in [6.45, 7) is 8.72. The van der Waals surface area contributed by atoms with Crippen molar-refractivity contribution >= 4 is 34.4 Å². The van der Waals surface area contributed by atoms with Gasteiger partial charge in [0.1, 0.15) is 0 Å². The van der Waals surface area contributed by atoms with Crippen molar-refractivity contribution in [3.8, 4) is 5.69 Å². The summed E-state index contributed by atoms with van der Waals surface area (Å²) >= 11 is 6.41. The Morgan fingerprint density at radius 1 is 1.03 bits per heavy atom. The number of halogens is 1. The summed E-state index contributed by atoms with van der Waals surface area (Å²) in [4.78, 5) is 55.5. The normalized spacial score (nSPS) is 14.6. The first-order valence-corrected chi connectivity index (χ1v) is 12.9. The van der Waals surface area contributed by atoms with Gasteiger partial charge in [0, 0.05) is 39.3 Å². The third kappa shape index (κ3) is 5.38. The molecule has 3 aromatic rings. The number of carbonyl (C=O) groups excluding carboxylic acids is 1. The first-order chi connectivity index (χ1) is 18.1. The third-order valence-electron chi connectivity index (χ3n) is 6.92. The molecule has 2 heterocycles. The highest BCUT2D eigenvalue weighted by atomic mass is 35.5. The molecule has 0 spiro atoms. The molecular weight excluding hydrogens is 512 g/mol. The second kappa shape index (κ2) is 11.5. The highest BCUT2D eigenvalue weighted by molar-refractivity contribution is 6.32. The molecule has 202 valence electrons. The van der Waals surface area contributed by atoms with E-state index in [0.717, 1.165) is 4.57 Å². The van der Waals surface area contributed by atoms with Crippen molar-refractivity contribution in [1.82, 2.24) is 18.9 Å². The van der Waals surface area contributed by atoms with E-state index in [1.807, 2.05) is 4.90 Å². The Bertz CT molecular complexity index is 1500. The quantitative estimate of drug-likeness (QED) is 0.431. The molecule has 0 bridgehead atoms. The zero-order valence-corrected chi connectivity index (χ0v) is 22.5. The van der Waals surface area contributed by atoms with Crippen LogP contribution in [-0.4, -0.2) is 81.9 Å². The van der Waals surface area contributed by atoms with E-state index in [9.17, 15) is 19.2 Å². The average Bonchev–Trinajstić information content (AvgIpc) is 2.85. The van der Waals surface area contributed by atoms with Gasteiger partial charge in [0.15, 0.2) is 0 Å². The number of esters is 1. The van der Waals surface area contributed by atoms with Crippen molar-refractivity contribution in [3.63, 3.8) is 0 Å². The van der Waals surface area contributed by atoms with Crippen LogP contribution in [0.15, 0.2) is 39.9 Å². The fraction of sp³-hybridized carbons (Fsp3) is 0.407. The number of aromatic nitrogens is 2. The molecule has 4 rings (SSSR count). The van der Waals surface area contributed by atoms with E-state index in [0.29, 0.717) is 54.9 Å². The number of benzene rings is 2. The molecular formula is C27H31ClN4O6.